The van der Waals surface area contributed by atoms with Gasteiger partial charge in [0.25, 0.3) is 11.8 Å². The summed E-state index contributed by atoms with van der Waals surface area (Å²) in [7, 11) is 0. The monoisotopic (exact) mass is 533 g/mol. The molecule has 1 aliphatic carbocycles. The van der Waals surface area contributed by atoms with Crippen LogP contribution in [-0.2, 0) is 4.79 Å². The minimum Gasteiger partial charge on any atom is -0.353 e. The van der Waals surface area contributed by atoms with E-state index in [9.17, 15) is 14.4 Å². The highest BCUT2D eigenvalue weighted by atomic mass is 16.2. The van der Waals surface area contributed by atoms with Crippen molar-refractivity contribution in [2.45, 2.75) is 38.0 Å². The molecule has 0 N–H and O–H groups in total. The van der Waals surface area contributed by atoms with E-state index in [0.717, 1.165) is 5.82 Å². The third-order valence-corrected chi connectivity index (χ3v) is 7.98. The van der Waals surface area contributed by atoms with Crippen LogP contribution in [0.5, 0.6) is 0 Å². The zero-order chi connectivity index (χ0) is 27.5. The van der Waals surface area contributed by atoms with Crippen LogP contribution in [0.1, 0.15) is 64.3 Å². The lowest BCUT2D eigenvalue weighted by atomic mass is 9.84. The molecule has 3 aromatic rings. The summed E-state index contributed by atoms with van der Waals surface area (Å²) in [5.41, 5.74) is 2.24. The summed E-state index contributed by atoms with van der Waals surface area (Å²) in [5, 5.41) is 0.798. The Bertz CT molecular complexity index is 1580. The first-order valence-corrected chi connectivity index (χ1v) is 14.0. The Kier molecular flexibility index (Phi) is 7.31. The topological polar surface area (TPSA) is 95.3 Å². The van der Waals surface area contributed by atoms with Crippen LogP contribution in [0.25, 0.3) is 0 Å². The van der Waals surface area contributed by atoms with Crippen molar-refractivity contribution in [3.05, 3.63) is 106 Å². The molecule has 2 amide bonds. The Morgan fingerprint density at radius 2 is 1.55 bits per heavy atom. The number of piperazine rings is 1. The molecule has 8 heteroatoms. The second-order valence-corrected chi connectivity index (χ2v) is 10.6. The van der Waals surface area contributed by atoms with Crippen molar-refractivity contribution in [2.75, 3.05) is 31.1 Å². The summed E-state index contributed by atoms with van der Waals surface area (Å²) in [6.45, 7) is 2.53. The van der Waals surface area contributed by atoms with E-state index in [1.165, 1.54) is 43.7 Å². The number of fused-ring (bicyclic) bond motifs is 1. The molecule has 40 heavy (non-hydrogen) atoms. The van der Waals surface area contributed by atoms with Crippen LogP contribution >= 0.6 is 0 Å². The smallest absolute Gasteiger partial charge is 0.296 e. The van der Waals surface area contributed by atoms with Crippen LogP contribution in [-0.4, -0.2) is 53.7 Å². The van der Waals surface area contributed by atoms with Gasteiger partial charge in [-0.15, -0.1) is 0 Å². The number of carbonyl (C=O) groups is 3. The third-order valence-electron chi connectivity index (χ3n) is 7.98. The molecule has 0 atom stereocenters. The van der Waals surface area contributed by atoms with Crippen molar-refractivity contribution >= 4 is 23.4 Å². The van der Waals surface area contributed by atoms with Gasteiger partial charge < -0.3 is 9.80 Å². The number of carbonyl (C=O) groups excluding carboxylic acids is 3. The molecule has 0 spiro atoms. The second kappa shape index (κ2) is 11.3. The number of hydrogen-bond donors (Lipinski definition) is 0. The van der Waals surface area contributed by atoms with Crippen LogP contribution in [0.2, 0.25) is 0 Å². The van der Waals surface area contributed by atoms with Crippen LogP contribution in [0, 0.1) is 0 Å². The molecule has 8 nitrogen and oxygen atoms in total. The number of pyridine rings is 1. The SMILES string of the molecule is O=C1N=c2cc(C(=O)N3CCN(c4ccccn4)CC3)ccc2=N/C1=C\C(=O)c1ccc(C2CCCCC2)cc1. The van der Waals surface area contributed by atoms with Gasteiger partial charge in [0.1, 0.15) is 11.5 Å². The molecule has 2 fully saturated rings. The first kappa shape index (κ1) is 25.8. The molecule has 3 heterocycles. The largest absolute Gasteiger partial charge is 0.353 e. The van der Waals surface area contributed by atoms with Crippen LogP contribution in [0.15, 0.2) is 88.6 Å². The Balaban J connectivity index is 1.14. The maximum atomic E-state index is 13.2. The predicted molar refractivity (Wildman–Crippen MR) is 151 cm³/mol. The van der Waals surface area contributed by atoms with Crippen LogP contribution < -0.4 is 15.6 Å². The highest BCUT2D eigenvalue weighted by Crippen LogP contribution is 2.32. The molecule has 1 saturated heterocycles. The van der Waals surface area contributed by atoms with Gasteiger partial charge in [-0.1, -0.05) is 49.6 Å². The van der Waals surface area contributed by atoms with Crippen LogP contribution in [0.4, 0.5) is 5.82 Å². The Morgan fingerprint density at radius 1 is 0.800 bits per heavy atom. The Morgan fingerprint density at radius 3 is 2.27 bits per heavy atom. The van der Waals surface area contributed by atoms with E-state index in [-0.39, 0.29) is 17.4 Å². The highest BCUT2D eigenvalue weighted by molar-refractivity contribution is 6.09. The van der Waals surface area contributed by atoms with Crippen molar-refractivity contribution in [1.82, 2.24) is 9.88 Å². The van der Waals surface area contributed by atoms with E-state index in [4.69, 9.17) is 0 Å². The third kappa shape index (κ3) is 5.47. The van der Waals surface area contributed by atoms with E-state index >= 15 is 0 Å². The summed E-state index contributed by atoms with van der Waals surface area (Å²) < 4.78 is 0. The van der Waals surface area contributed by atoms with E-state index in [1.807, 2.05) is 42.5 Å². The number of allylic oxidation sites excluding steroid dienone is 1. The molecule has 2 aliphatic heterocycles. The van der Waals surface area contributed by atoms with Crippen molar-refractivity contribution in [3.8, 4) is 0 Å². The minimum atomic E-state index is -0.590. The first-order chi connectivity index (χ1) is 19.5. The van der Waals surface area contributed by atoms with Gasteiger partial charge in [0, 0.05) is 49.6 Å². The van der Waals surface area contributed by atoms with E-state index < -0.39 is 5.91 Å². The molecule has 0 unspecified atom stereocenters. The lowest BCUT2D eigenvalue weighted by Gasteiger charge is -2.35. The molecule has 1 aromatic heterocycles. The molecule has 202 valence electrons. The number of rotatable bonds is 5. The molecular formula is C32H31N5O3. The lowest BCUT2D eigenvalue weighted by Crippen LogP contribution is -2.49. The zero-order valence-electron chi connectivity index (χ0n) is 22.3. The normalized spacial score (nSPS) is 18.6. The van der Waals surface area contributed by atoms with Crippen molar-refractivity contribution in [1.29, 1.82) is 0 Å². The summed E-state index contributed by atoms with van der Waals surface area (Å²) in [4.78, 5) is 55.7. The first-order valence-electron chi connectivity index (χ1n) is 14.0. The fourth-order valence-electron chi connectivity index (χ4n) is 5.70. The number of benzene rings is 2. The van der Waals surface area contributed by atoms with Gasteiger partial charge >= 0.3 is 0 Å². The summed E-state index contributed by atoms with van der Waals surface area (Å²) in [5.74, 6) is 0.487. The van der Waals surface area contributed by atoms with Gasteiger partial charge in [0.2, 0.25) is 0 Å². The highest BCUT2D eigenvalue weighted by Gasteiger charge is 2.24. The maximum absolute atomic E-state index is 13.2. The Labute approximate surface area is 232 Å². The molecule has 1 saturated carbocycles. The van der Waals surface area contributed by atoms with Gasteiger partial charge in [-0.3, -0.25) is 14.4 Å². The molecule has 0 bridgehead atoms. The van der Waals surface area contributed by atoms with E-state index in [2.05, 4.69) is 19.9 Å². The summed E-state index contributed by atoms with van der Waals surface area (Å²) in [6, 6.07) is 18.5. The van der Waals surface area contributed by atoms with Gasteiger partial charge in [0.05, 0.1) is 10.7 Å². The summed E-state index contributed by atoms with van der Waals surface area (Å²) in [6.07, 6.45) is 9.22. The zero-order valence-corrected chi connectivity index (χ0v) is 22.3. The molecule has 3 aliphatic rings. The number of hydrogen-bond acceptors (Lipinski definition) is 6. The lowest BCUT2D eigenvalue weighted by molar-refractivity contribution is -0.114. The number of ketones is 1. The van der Waals surface area contributed by atoms with Crippen molar-refractivity contribution in [3.63, 3.8) is 0 Å². The Hall–Kier alpha value is -4.46. The predicted octanol–water partition coefficient (Wildman–Crippen LogP) is 3.64. The van der Waals surface area contributed by atoms with Gasteiger partial charge in [-0.25, -0.2) is 15.0 Å². The van der Waals surface area contributed by atoms with Crippen molar-refractivity contribution in [2.24, 2.45) is 9.98 Å². The standard InChI is InChI=1S/C32H31N5O3/c38-29(24-11-9-23(10-12-24)22-6-2-1-3-7-22)21-28-31(39)35-27-20-25(13-14-26(27)34-28)32(40)37-18-16-36(17-19-37)30-8-4-5-15-33-30/h4-5,8-15,20-22H,1-3,6-7,16-19H2/b28-21-. The molecule has 6 rings (SSSR count). The average molecular weight is 534 g/mol. The number of anilines is 1. The molecule has 2 aromatic carbocycles. The maximum Gasteiger partial charge on any atom is 0.296 e. The number of aromatic nitrogens is 1. The molecule has 0 radical (unpaired) electrons. The van der Waals surface area contributed by atoms with Gasteiger partial charge in [-0.05, 0) is 54.7 Å². The quantitative estimate of drug-likeness (QED) is 0.369. The fraction of sp³-hybridized carbons (Fsp3) is 0.312. The van der Waals surface area contributed by atoms with Gasteiger partial charge in [0.15, 0.2) is 5.78 Å². The number of nitrogens with zero attached hydrogens (tertiary/aromatic N) is 5. The van der Waals surface area contributed by atoms with E-state index in [1.54, 1.807) is 29.3 Å². The minimum absolute atomic E-state index is 0.00132. The number of amides is 2. The fourth-order valence-corrected chi connectivity index (χ4v) is 5.70. The second-order valence-electron chi connectivity index (χ2n) is 10.6. The summed E-state index contributed by atoms with van der Waals surface area (Å²) >= 11 is 0. The average Bonchev–Trinajstić information content (AvgIpc) is 3.02. The van der Waals surface area contributed by atoms with Crippen molar-refractivity contribution < 1.29 is 14.4 Å². The molecular weight excluding hydrogens is 502 g/mol. The van der Waals surface area contributed by atoms with Gasteiger partial charge in [-0.2, -0.15) is 0 Å². The van der Waals surface area contributed by atoms with E-state index in [0.29, 0.717) is 53.9 Å². The van der Waals surface area contributed by atoms with Crippen LogP contribution in [0.3, 0.4) is 0 Å².